The Morgan fingerprint density at radius 1 is 1.31 bits per heavy atom. The minimum atomic E-state index is -1.39. The van der Waals surface area contributed by atoms with E-state index in [0.29, 0.717) is 0 Å². The van der Waals surface area contributed by atoms with Gasteiger partial charge in [0.05, 0.1) is 0 Å². The summed E-state index contributed by atoms with van der Waals surface area (Å²) in [7, 11) is 0. The highest BCUT2D eigenvalue weighted by molar-refractivity contribution is 6.04. The highest BCUT2D eigenvalue weighted by Crippen LogP contribution is 2.51. The molecule has 3 nitrogen and oxygen atoms in total. The van der Waals surface area contributed by atoms with E-state index in [2.05, 4.69) is 0 Å². The molecule has 13 heavy (non-hydrogen) atoms. The third-order valence-corrected chi connectivity index (χ3v) is 3.42. The highest BCUT2D eigenvalue weighted by atomic mass is 19.1. The number of halogens is 1. The molecule has 0 saturated heterocycles. The largest absolute Gasteiger partial charge is 0.480 e. The maximum absolute atomic E-state index is 13.6. The van der Waals surface area contributed by atoms with E-state index < -0.39 is 22.8 Å². The predicted molar refractivity (Wildman–Crippen MR) is 42.0 cm³/mol. The fourth-order valence-electron chi connectivity index (χ4n) is 2.37. The Labute approximate surface area is 74.9 Å². The van der Waals surface area contributed by atoms with E-state index in [0.717, 1.165) is 0 Å². The molecule has 0 amide bonds. The van der Waals surface area contributed by atoms with Crippen LogP contribution in [0.1, 0.15) is 32.1 Å². The van der Waals surface area contributed by atoms with Crippen LogP contribution in [-0.4, -0.2) is 22.5 Å². The molecule has 3 rings (SSSR count). The van der Waals surface area contributed by atoms with Crippen molar-refractivity contribution in [1.29, 1.82) is 0 Å². The molecule has 0 aromatic heterocycles. The normalized spacial score (nSPS) is 43.6. The number of carboxylic acid groups (broad SMARTS) is 1. The van der Waals surface area contributed by atoms with E-state index in [1.165, 1.54) is 0 Å². The van der Waals surface area contributed by atoms with Crippen molar-refractivity contribution in [1.82, 2.24) is 0 Å². The lowest BCUT2D eigenvalue weighted by atomic mass is 9.58. The molecule has 0 spiro atoms. The summed E-state index contributed by atoms with van der Waals surface area (Å²) >= 11 is 0. The van der Waals surface area contributed by atoms with Crippen molar-refractivity contribution in [2.75, 3.05) is 0 Å². The summed E-state index contributed by atoms with van der Waals surface area (Å²) < 4.78 is 13.6. The number of Topliss-reactive ketones (excluding diaryl/α,β-unsaturated/α-hetero) is 1. The molecular weight excluding hydrogens is 175 g/mol. The third kappa shape index (κ3) is 1.01. The molecule has 0 aliphatic heterocycles. The van der Waals surface area contributed by atoms with Crippen LogP contribution in [0.2, 0.25) is 0 Å². The molecule has 72 valence electrons. The van der Waals surface area contributed by atoms with E-state index in [9.17, 15) is 14.0 Å². The molecule has 0 aromatic carbocycles. The fourth-order valence-corrected chi connectivity index (χ4v) is 2.37. The van der Waals surface area contributed by atoms with Gasteiger partial charge in [-0.2, -0.15) is 0 Å². The van der Waals surface area contributed by atoms with Crippen LogP contribution in [0.4, 0.5) is 4.39 Å². The second kappa shape index (κ2) is 2.30. The first-order chi connectivity index (χ1) is 5.99. The van der Waals surface area contributed by atoms with Gasteiger partial charge in [0.2, 0.25) is 0 Å². The zero-order chi connectivity index (χ0) is 9.69. The average Bonchev–Trinajstić information content (AvgIpc) is 2.03. The molecule has 4 heteroatoms. The molecule has 0 unspecified atom stereocenters. The van der Waals surface area contributed by atoms with Crippen molar-refractivity contribution >= 4 is 11.8 Å². The van der Waals surface area contributed by atoms with Gasteiger partial charge in [-0.3, -0.25) is 9.59 Å². The van der Waals surface area contributed by atoms with Crippen LogP contribution in [0.5, 0.6) is 0 Å². The van der Waals surface area contributed by atoms with Gasteiger partial charge in [0.25, 0.3) is 0 Å². The lowest BCUT2D eigenvalue weighted by molar-refractivity contribution is -0.167. The molecular formula is C9H11FO3. The van der Waals surface area contributed by atoms with Gasteiger partial charge in [0.15, 0.2) is 5.78 Å². The number of carbonyl (C=O) groups excluding carboxylic acids is 1. The first kappa shape index (κ1) is 8.66. The lowest BCUT2D eigenvalue weighted by Gasteiger charge is -2.45. The van der Waals surface area contributed by atoms with Gasteiger partial charge in [-0.25, -0.2) is 4.39 Å². The summed E-state index contributed by atoms with van der Waals surface area (Å²) in [5, 5.41) is 8.92. The Bertz CT molecular complexity index is 277. The first-order valence-electron chi connectivity index (χ1n) is 4.44. The second-order valence-corrected chi connectivity index (χ2v) is 4.14. The number of fused-ring (bicyclic) bond motifs is 3. The molecule has 1 N–H and O–H groups in total. The molecule has 0 radical (unpaired) electrons. The number of ketones is 1. The second-order valence-electron chi connectivity index (χ2n) is 4.14. The molecule has 3 aliphatic rings. The Morgan fingerprint density at radius 3 is 2.23 bits per heavy atom. The predicted octanol–water partition coefficient (Wildman–Crippen LogP) is 1.31. The number of alkyl halides is 1. The Kier molecular flexibility index (Phi) is 1.54. The lowest BCUT2D eigenvalue weighted by Crippen LogP contribution is -2.53. The molecule has 0 aromatic rings. The molecule has 3 fully saturated rings. The summed E-state index contributed by atoms with van der Waals surface area (Å²) in [6, 6.07) is 0. The summed E-state index contributed by atoms with van der Waals surface area (Å²) in [6.07, 6.45) is 0.616. The summed E-state index contributed by atoms with van der Waals surface area (Å²) in [5.74, 6) is -1.49. The first-order valence-corrected chi connectivity index (χ1v) is 4.44. The topological polar surface area (TPSA) is 54.4 Å². The van der Waals surface area contributed by atoms with Gasteiger partial charge in [-0.1, -0.05) is 0 Å². The molecule has 3 aliphatic carbocycles. The zero-order valence-corrected chi connectivity index (χ0v) is 7.18. The Hall–Kier alpha value is -0.930. The van der Waals surface area contributed by atoms with Crippen molar-refractivity contribution in [3.63, 3.8) is 0 Å². The summed E-state index contributed by atoms with van der Waals surface area (Å²) in [4.78, 5) is 22.3. The average molecular weight is 186 g/mol. The van der Waals surface area contributed by atoms with E-state index in [1.807, 2.05) is 0 Å². The van der Waals surface area contributed by atoms with E-state index in [-0.39, 0.29) is 32.1 Å². The van der Waals surface area contributed by atoms with Crippen LogP contribution in [-0.2, 0) is 9.59 Å². The smallest absolute Gasteiger partial charge is 0.317 e. The van der Waals surface area contributed by atoms with Gasteiger partial charge >= 0.3 is 5.97 Å². The molecule has 0 heterocycles. The van der Waals surface area contributed by atoms with Crippen molar-refractivity contribution in [3.8, 4) is 0 Å². The van der Waals surface area contributed by atoms with E-state index in [4.69, 9.17) is 5.11 Å². The number of hydrogen-bond acceptors (Lipinski definition) is 2. The standard InChI is InChI=1S/C9H11FO3/c10-8-1-3-9(4-2-8,7(12)13)6(11)5-8/h1-5H2,(H,12,13). The van der Waals surface area contributed by atoms with E-state index >= 15 is 0 Å². The minimum absolute atomic E-state index is 0.178. The van der Waals surface area contributed by atoms with Crippen LogP contribution in [0.3, 0.4) is 0 Å². The number of carbonyl (C=O) groups is 2. The van der Waals surface area contributed by atoms with Crippen molar-refractivity contribution in [2.24, 2.45) is 5.41 Å². The fraction of sp³-hybridized carbons (Fsp3) is 0.778. The van der Waals surface area contributed by atoms with Crippen molar-refractivity contribution < 1.29 is 19.1 Å². The number of carboxylic acids is 1. The zero-order valence-electron chi connectivity index (χ0n) is 7.18. The maximum atomic E-state index is 13.6. The van der Waals surface area contributed by atoms with E-state index in [1.54, 1.807) is 0 Å². The quantitative estimate of drug-likeness (QED) is 0.628. The van der Waals surface area contributed by atoms with Crippen molar-refractivity contribution in [3.05, 3.63) is 0 Å². The van der Waals surface area contributed by atoms with Crippen LogP contribution in [0.25, 0.3) is 0 Å². The highest BCUT2D eigenvalue weighted by Gasteiger charge is 2.58. The van der Waals surface area contributed by atoms with Crippen LogP contribution in [0, 0.1) is 5.41 Å². The third-order valence-electron chi connectivity index (χ3n) is 3.42. The minimum Gasteiger partial charge on any atom is -0.480 e. The Morgan fingerprint density at radius 2 is 1.85 bits per heavy atom. The van der Waals surface area contributed by atoms with Gasteiger partial charge < -0.3 is 5.11 Å². The summed E-state index contributed by atoms with van der Waals surface area (Å²) in [5.41, 5.74) is -2.64. The van der Waals surface area contributed by atoms with Gasteiger partial charge in [0.1, 0.15) is 11.1 Å². The Balaban J connectivity index is 2.34. The van der Waals surface area contributed by atoms with Gasteiger partial charge in [0, 0.05) is 6.42 Å². The molecule has 0 atom stereocenters. The molecule has 3 saturated carbocycles. The summed E-state index contributed by atoms with van der Waals surface area (Å²) in [6.45, 7) is 0. The van der Waals surface area contributed by atoms with Gasteiger partial charge in [-0.15, -0.1) is 0 Å². The monoisotopic (exact) mass is 186 g/mol. The van der Waals surface area contributed by atoms with Crippen LogP contribution < -0.4 is 0 Å². The maximum Gasteiger partial charge on any atom is 0.317 e. The number of aliphatic carboxylic acids is 1. The SMILES string of the molecule is O=C(O)C12CCC(F)(CC1)CC2=O. The number of rotatable bonds is 1. The van der Waals surface area contributed by atoms with Crippen LogP contribution >= 0.6 is 0 Å². The van der Waals surface area contributed by atoms with Crippen LogP contribution in [0.15, 0.2) is 0 Å². The van der Waals surface area contributed by atoms with Crippen molar-refractivity contribution in [2.45, 2.75) is 37.8 Å². The molecule has 2 bridgehead atoms. The number of hydrogen-bond donors (Lipinski definition) is 1. The van der Waals surface area contributed by atoms with Gasteiger partial charge in [-0.05, 0) is 25.7 Å².